The molecule has 0 spiro atoms. The summed E-state index contributed by atoms with van der Waals surface area (Å²) in [6.45, 7) is 2.98. The quantitative estimate of drug-likeness (QED) is 0.565. The summed E-state index contributed by atoms with van der Waals surface area (Å²) in [5.74, 6) is 0.813. The molecular formula is C16H16ClN3S. The molecule has 3 rings (SSSR count). The number of nitrogens with zero attached hydrogens (tertiary/aromatic N) is 2. The summed E-state index contributed by atoms with van der Waals surface area (Å²) in [6.07, 6.45) is 0. The van der Waals surface area contributed by atoms with E-state index in [1.54, 1.807) is 11.8 Å². The fourth-order valence-electron chi connectivity index (χ4n) is 2.29. The average molecular weight is 318 g/mol. The van der Waals surface area contributed by atoms with Crippen molar-refractivity contribution in [1.29, 1.82) is 0 Å². The maximum absolute atomic E-state index is 6.06. The van der Waals surface area contributed by atoms with Crippen LogP contribution in [0.3, 0.4) is 0 Å². The van der Waals surface area contributed by atoms with Crippen molar-refractivity contribution in [2.75, 3.05) is 5.73 Å². The van der Waals surface area contributed by atoms with Gasteiger partial charge in [0.2, 0.25) is 0 Å². The number of fused-ring (bicyclic) bond motifs is 1. The molecule has 0 amide bonds. The predicted molar refractivity (Wildman–Crippen MR) is 90.8 cm³/mol. The normalized spacial score (nSPS) is 11.1. The van der Waals surface area contributed by atoms with Gasteiger partial charge in [-0.2, -0.15) is 5.10 Å². The SMILES string of the molecule is CCn1nc(CSc2ccc(N)c(Cl)c2)c2ccccc21. The van der Waals surface area contributed by atoms with Crippen LogP contribution in [0.1, 0.15) is 12.6 Å². The van der Waals surface area contributed by atoms with Gasteiger partial charge in [-0.1, -0.05) is 29.8 Å². The molecule has 1 aromatic heterocycles. The largest absolute Gasteiger partial charge is 0.398 e. The first-order chi connectivity index (χ1) is 10.2. The Morgan fingerprint density at radius 1 is 1.24 bits per heavy atom. The molecular weight excluding hydrogens is 302 g/mol. The van der Waals surface area contributed by atoms with E-state index in [0.29, 0.717) is 10.7 Å². The Hall–Kier alpha value is -1.65. The molecule has 3 nitrogen and oxygen atoms in total. The van der Waals surface area contributed by atoms with E-state index in [9.17, 15) is 0 Å². The number of rotatable bonds is 4. The molecule has 1 heterocycles. The number of hydrogen-bond acceptors (Lipinski definition) is 3. The maximum atomic E-state index is 6.06. The van der Waals surface area contributed by atoms with Gasteiger partial charge in [0.25, 0.3) is 0 Å². The lowest BCUT2D eigenvalue weighted by Gasteiger charge is -2.03. The molecule has 0 unspecified atom stereocenters. The molecule has 0 aliphatic rings. The second-order valence-electron chi connectivity index (χ2n) is 4.75. The first-order valence-corrected chi connectivity index (χ1v) is 8.17. The lowest BCUT2D eigenvalue weighted by atomic mass is 10.2. The van der Waals surface area contributed by atoms with E-state index in [4.69, 9.17) is 22.4 Å². The van der Waals surface area contributed by atoms with Crippen molar-refractivity contribution in [2.45, 2.75) is 24.1 Å². The molecule has 2 aromatic carbocycles. The third-order valence-corrected chi connectivity index (χ3v) is 4.71. The summed E-state index contributed by atoms with van der Waals surface area (Å²) < 4.78 is 2.04. The fraction of sp³-hybridized carbons (Fsp3) is 0.188. The highest BCUT2D eigenvalue weighted by Gasteiger charge is 2.09. The number of para-hydroxylation sites is 1. The molecule has 3 aromatic rings. The minimum absolute atomic E-state index is 0.601. The Balaban J connectivity index is 1.86. The number of thioether (sulfide) groups is 1. The molecule has 0 atom stereocenters. The highest BCUT2D eigenvalue weighted by atomic mass is 35.5. The summed E-state index contributed by atoms with van der Waals surface area (Å²) in [5, 5.41) is 6.52. The van der Waals surface area contributed by atoms with E-state index in [1.807, 2.05) is 28.9 Å². The molecule has 0 aliphatic heterocycles. The van der Waals surface area contributed by atoms with Crippen LogP contribution in [0.15, 0.2) is 47.4 Å². The number of hydrogen-bond donors (Lipinski definition) is 1. The summed E-state index contributed by atoms with van der Waals surface area (Å²) >= 11 is 7.78. The van der Waals surface area contributed by atoms with Crippen molar-refractivity contribution in [1.82, 2.24) is 9.78 Å². The molecule has 5 heteroatoms. The number of nitrogen functional groups attached to an aromatic ring is 1. The van der Waals surface area contributed by atoms with Gasteiger partial charge in [-0.25, -0.2) is 0 Å². The molecule has 0 saturated heterocycles. The highest BCUT2D eigenvalue weighted by Crippen LogP contribution is 2.30. The number of benzene rings is 2. The standard InChI is InChI=1S/C16H16ClN3S/c1-2-20-16-6-4-3-5-12(16)15(19-20)10-21-11-7-8-14(18)13(17)9-11/h3-9H,2,10,18H2,1H3. The zero-order chi connectivity index (χ0) is 14.8. The van der Waals surface area contributed by atoms with Crippen LogP contribution in [-0.4, -0.2) is 9.78 Å². The summed E-state index contributed by atoms with van der Waals surface area (Å²) in [5.41, 5.74) is 8.64. The van der Waals surface area contributed by atoms with Crippen LogP contribution < -0.4 is 5.73 Å². The second kappa shape index (κ2) is 6.00. The Bertz CT molecular complexity index is 782. The van der Waals surface area contributed by atoms with Crippen molar-refractivity contribution in [3.8, 4) is 0 Å². The zero-order valence-electron chi connectivity index (χ0n) is 11.7. The van der Waals surface area contributed by atoms with Gasteiger partial charge < -0.3 is 5.73 Å². The third-order valence-electron chi connectivity index (χ3n) is 3.38. The van der Waals surface area contributed by atoms with E-state index in [0.717, 1.165) is 22.9 Å². The summed E-state index contributed by atoms with van der Waals surface area (Å²) in [7, 11) is 0. The average Bonchev–Trinajstić information content (AvgIpc) is 2.87. The van der Waals surface area contributed by atoms with Crippen molar-refractivity contribution in [3.63, 3.8) is 0 Å². The molecule has 0 bridgehead atoms. The minimum atomic E-state index is 0.601. The van der Waals surface area contributed by atoms with Gasteiger partial charge in [-0.05, 0) is 31.2 Å². The van der Waals surface area contributed by atoms with Crippen molar-refractivity contribution < 1.29 is 0 Å². The molecule has 0 saturated carbocycles. The molecule has 0 aliphatic carbocycles. The molecule has 2 N–H and O–H groups in total. The van der Waals surface area contributed by atoms with E-state index in [1.165, 1.54) is 10.9 Å². The van der Waals surface area contributed by atoms with Crippen molar-refractivity contribution >= 4 is 40.0 Å². The van der Waals surface area contributed by atoms with E-state index < -0.39 is 0 Å². The van der Waals surface area contributed by atoms with Gasteiger partial charge in [0.15, 0.2) is 0 Å². The first-order valence-electron chi connectivity index (χ1n) is 6.81. The van der Waals surface area contributed by atoms with Crippen LogP contribution in [0, 0.1) is 0 Å². The van der Waals surface area contributed by atoms with Crippen molar-refractivity contribution in [2.24, 2.45) is 0 Å². The molecule has 0 radical (unpaired) electrons. The number of halogens is 1. The Morgan fingerprint density at radius 3 is 2.81 bits per heavy atom. The topological polar surface area (TPSA) is 43.8 Å². The Kier molecular flexibility index (Phi) is 4.08. The van der Waals surface area contributed by atoms with Crippen LogP contribution in [0.4, 0.5) is 5.69 Å². The van der Waals surface area contributed by atoms with Gasteiger partial charge in [-0.3, -0.25) is 4.68 Å². The third kappa shape index (κ3) is 2.87. The smallest absolute Gasteiger partial charge is 0.0805 e. The molecule has 108 valence electrons. The van der Waals surface area contributed by atoms with E-state index in [-0.39, 0.29) is 0 Å². The summed E-state index contributed by atoms with van der Waals surface area (Å²) in [4.78, 5) is 1.10. The lowest BCUT2D eigenvalue weighted by molar-refractivity contribution is 0.675. The van der Waals surface area contributed by atoms with Gasteiger partial charge in [0, 0.05) is 22.6 Å². The summed E-state index contributed by atoms with van der Waals surface area (Å²) in [6, 6.07) is 14.1. The second-order valence-corrected chi connectivity index (χ2v) is 6.21. The number of aromatic nitrogens is 2. The molecule has 21 heavy (non-hydrogen) atoms. The van der Waals surface area contributed by atoms with Gasteiger partial charge in [0.1, 0.15) is 0 Å². The van der Waals surface area contributed by atoms with Crippen LogP contribution in [0.5, 0.6) is 0 Å². The van der Waals surface area contributed by atoms with Crippen LogP contribution in [0.25, 0.3) is 10.9 Å². The Labute approximate surface area is 133 Å². The number of anilines is 1. The van der Waals surface area contributed by atoms with Gasteiger partial charge in [0.05, 0.1) is 21.9 Å². The van der Waals surface area contributed by atoms with Crippen LogP contribution >= 0.6 is 23.4 Å². The molecule has 0 fully saturated rings. The van der Waals surface area contributed by atoms with Crippen LogP contribution in [0.2, 0.25) is 5.02 Å². The predicted octanol–water partition coefficient (Wildman–Crippen LogP) is 4.58. The first kappa shape index (κ1) is 14.3. The van der Waals surface area contributed by atoms with E-state index >= 15 is 0 Å². The lowest BCUT2D eigenvalue weighted by Crippen LogP contribution is -1.96. The fourth-order valence-corrected chi connectivity index (χ4v) is 3.42. The number of nitrogens with two attached hydrogens (primary N) is 1. The van der Waals surface area contributed by atoms with E-state index in [2.05, 4.69) is 25.1 Å². The highest BCUT2D eigenvalue weighted by molar-refractivity contribution is 7.98. The minimum Gasteiger partial charge on any atom is -0.398 e. The van der Waals surface area contributed by atoms with Crippen molar-refractivity contribution in [3.05, 3.63) is 53.2 Å². The van der Waals surface area contributed by atoms with Crippen LogP contribution in [-0.2, 0) is 12.3 Å². The van der Waals surface area contributed by atoms with Gasteiger partial charge >= 0.3 is 0 Å². The Morgan fingerprint density at radius 2 is 2.05 bits per heavy atom. The van der Waals surface area contributed by atoms with Gasteiger partial charge in [-0.15, -0.1) is 11.8 Å². The maximum Gasteiger partial charge on any atom is 0.0805 e. The monoisotopic (exact) mass is 317 g/mol. The zero-order valence-corrected chi connectivity index (χ0v) is 13.3. The number of aryl methyl sites for hydroxylation is 1.